The molecule has 0 radical (unpaired) electrons. The van der Waals surface area contributed by atoms with Crippen molar-refractivity contribution in [2.24, 2.45) is 11.8 Å². The highest BCUT2D eigenvalue weighted by molar-refractivity contribution is 5.36. The Morgan fingerprint density at radius 2 is 1.59 bits per heavy atom. The van der Waals surface area contributed by atoms with Crippen molar-refractivity contribution in [2.75, 3.05) is 0 Å². The summed E-state index contributed by atoms with van der Waals surface area (Å²) in [7, 11) is 0. The maximum Gasteiger partial charge on any atom is -0.0162 e. The fourth-order valence-electron chi connectivity index (χ4n) is 4.51. The Morgan fingerprint density at radius 3 is 2.32 bits per heavy atom. The Labute approximate surface area is 136 Å². The van der Waals surface area contributed by atoms with Crippen LogP contribution in [-0.4, -0.2) is 0 Å². The highest BCUT2D eigenvalue weighted by atomic mass is 14.3. The fraction of sp³-hybridized carbons (Fsp3) is 0.545. The third-order valence-corrected chi connectivity index (χ3v) is 5.88. The minimum absolute atomic E-state index is 0.803. The van der Waals surface area contributed by atoms with Gasteiger partial charge in [0, 0.05) is 0 Å². The number of fused-ring (bicyclic) bond motifs is 1. The standard InChI is InChI=1S/C22H30/c1-3-5-17-7-10-19(11-8-17)21-14-13-20-15-18(6-4-2)9-12-22(20)16-21/h3-4,13-14,16-19H,1-2,5-12,15H2/t17-,18?,19-. The molecular weight excluding hydrogens is 264 g/mol. The Morgan fingerprint density at radius 1 is 0.864 bits per heavy atom. The van der Waals surface area contributed by atoms with Crippen molar-refractivity contribution in [2.45, 2.75) is 63.7 Å². The summed E-state index contributed by atoms with van der Waals surface area (Å²) in [5.41, 5.74) is 4.84. The first-order chi connectivity index (χ1) is 10.8. The summed E-state index contributed by atoms with van der Waals surface area (Å²) in [4.78, 5) is 0. The Kier molecular flexibility index (Phi) is 5.18. The summed E-state index contributed by atoms with van der Waals surface area (Å²) in [5, 5.41) is 0. The zero-order valence-electron chi connectivity index (χ0n) is 13.9. The minimum atomic E-state index is 0.803. The van der Waals surface area contributed by atoms with E-state index in [1.807, 2.05) is 0 Å². The number of rotatable bonds is 5. The Bertz CT molecular complexity index is 517. The molecule has 0 spiro atoms. The lowest BCUT2D eigenvalue weighted by atomic mass is 9.75. The van der Waals surface area contributed by atoms with E-state index in [2.05, 4.69) is 43.5 Å². The smallest absolute Gasteiger partial charge is 0.0162 e. The average Bonchev–Trinajstić information content (AvgIpc) is 2.56. The van der Waals surface area contributed by atoms with Crippen LogP contribution in [0.1, 0.15) is 67.6 Å². The summed E-state index contributed by atoms with van der Waals surface area (Å²) in [6, 6.07) is 7.39. The second-order valence-electron chi connectivity index (χ2n) is 7.40. The molecule has 0 aromatic heterocycles. The van der Waals surface area contributed by atoms with Gasteiger partial charge in [0.25, 0.3) is 0 Å². The number of allylic oxidation sites excluding steroid dienone is 2. The molecule has 1 saturated carbocycles. The molecule has 118 valence electrons. The summed E-state index contributed by atoms with van der Waals surface area (Å²) >= 11 is 0. The van der Waals surface area contributed by atoms with Crippen LogP contribution in [0, 0.1) is 11.8 Å². The summed E-state index contributed by atoms with van der Waals surface area (Å²) in [6.45, 7) is 7.79. The van der Waals surface area contributed by atoms with Gasteiger partial charge in [0.05, 0.1) is 0 Å². The van der Waals surface area contributed by atoms with Crippen molar-refractivity contribution in [3.8, 4) is 0 Å². The van der Waals surface area contributed by atoms with E-state index in [1.54, 1.807) is 16.7 Å². The van der Waals surface area contributed by atoms with Crippen LogP contribution in [0.2, 0.25) is 0 Å². The van der Waals surface area contributed by atoms with E-state index < -0.39 is 0 Å². The lowest BCUT2D eigenvalue weighted by Crippen LogP contribution is -2.16. The van der Waals surface area contributed by atoms with Crippen LogP contribution in [0.25, 0.3) is 0 Å². The van der Waals surface area contributed by atoms with Gasteiger partial charge in [-0.3, -0.25) is 0 Å². The lowest BCUT2D eigenvalue weighted by Gasteiger charge is -2.30. The van der Waals surface area contributed by atoms with Crippen LogP contribution < -0.4 is 0 Å². The number of hydrogen-bond donors (Lipinski definition) is 0. The first kappa shape index (κ1) is 15.6. The van der Waals surface area contributed by atoms with Gasteiger partial charge in [-0.1, -0.05) is 30.4 Å². The zero-order chi connectivity index (χ0) is 15.4. The second kappa shape index (κ2) is 7.31. The number of hydrogen-bond acceptors (Lipinski definition) is 0. The molecule has 0 amide bonds. The van der Waals surface area contributed by atoms with Crippen molar-refractivity contribution in [1.82, 2.24) is 0 Å². The fourth-order valence-corrected chi connectivity index (χ4v) is 4.51. The molecule has 0 saturated heterocycles. The summed E-state index contributed by atoms with van der Waals surface area (Å²) in [6.07, 6.45) is 16.0. The maximum atomic E-state index is 3.90. The molecule has 0 N–H and O–H groups in total. The van der Waals surface area contributed by atoms with Crippen molar-refractivity contribution in [1.29, 1.82) is 0 Å². The normalized spacial score (nSPS) is 27.9. The molecule has 0 nitrogen and oxygen atoms in total. The van der Waals surface area contributed by atoms with Crippen LogP contribution in [0.5, 0.6) is 0 Å². The van der Waals surface area contributed by atoms with Crippen LogP contribution in [-0.2, 0) is 12.8 Å². The van der Waals surface area contributed by atoms with Gasteiger partial charge in [0.1, 0.15) is 0 Å². The quantitative estimate of drug-likeness (QED) is 0.566. The molecule has 1 atom stereocenters. The van der Waals surface area contributed by atoms with E-state index in [-0.39, 0.29) is 0 Å². The molecule has 2 aliphatic rings. The number of aryl methyl sites for hydroxylation is 1. The van der Waals surface area contributed by atoms with E-state index in [4.69, 9.17) is 0 Å². The third-order valence-electron chi connectivity index (χ3n) is 5.88. The van der Waals surface area contributed by atoms with E-state index >= 15 is 0 Å². The van der Waals surface area contributed by atoms with Gasteiger partial charge in [0.15, 0.2) is 0 Å². The first-order valence-corrected chi connectivity index (χ1v) is 9.13. The largest absolute Gasteiger partial charge is 0.103 e. The van der Waals surface area contributed by atoms with Gasteiger partial charge in [-0.25, -0.2) is 0 Å². The van der Waals surface area contributed by atoms with E-state index in [1.165, 1.54) is 57.8 Å². The molecule has 0 bridgehead atoms. The topological polar surface area (TPSA) is 0 Å². The van der Waals surface area contributed by atoms with Gasteiger partial charge in [-0.15, -0.1) is 13.2 Å². The Balaban J connectivity index is 1.65. The van der Waals surface area contributed by atoms with Crippen molar-refractivity contribution < 1.29 is 0 Å². The molecule has 2 aliphatic carbocycles. The summed E-state index contributed by atoms with van der Waals surface area (Å²) in [5.74, 6) is 2.52. The monoisotopic (exact) mass is 294 g/mol. The van der Waals surface area contributed by atoms with Crippen LogP contribution >= 0.6 is 0 Å². The molecule has 1 aromatic rings. The highest BCUT2D eigenvalue weighted by Gasteiger charge is 2.23. The molecule has 22 heavy (non-hydrogen) atoms. The average molecular weight is 294 g/mol. The van der Waals surface area contributed by atoms with E-state index in [0.29, 0.717) is 0 Å². The van der Waals surface area contributed by atoms with Gasteiger partial charge < -0.3 is 0 Å². The maximum absolute atomic E-state index is 3.90. The molecular formula is C22H30. The van der Waals surface area contributed by atoms with Crippen LogP contribution in [0.15, 0.2) is 43.5 Å². The van der Waals surface area contributed by atoms with E-state index in [9.17, 15) is 0 Å². The predicted molar refractivity (Wildman–Crippen MR) is 96.3 cm³/mol. The molecule has 3 rings (SSSR count). The van der Waals surface area contributed by atoms with Crippen molar-refractivity contribution in [3.63, 3.8) is 0 Å². The predicted octanol–water partition coefficient (Wildman–Crippen LogP) is 6.22. The first-order valence-electron chi connectivity index (χ1n) is 9.13. The summed E-state index contributed by atoms with van der Waals surface area (Å²) < 4.78 is 0. The molecule has 1 aromatic carbocycles. The third kappa shape index (κ3) is 3.54. The second-order valence-corrected chi connectivity index (χ2v) is 7.40. The highest BCUT2D eigenvalue weighted by Crippen LogP contribution is 2.38. The molecule has 1 fully saturated rings. The van der Waals surface area contributed by atoms with Crippen LogP contribution in [0.3, 0.4) is 0 Å². The van der Waals surface area contributed by atoms with Crippen molar-refractivity contribution >= 4 is 0 Å². The number of benzene rings is 1. The van der Waals surface area contributed by atoms with E-state index in [0.717, 1.165) is 17.8 Å². The molecule has 0 heteroatoms. The SMILES string of the molecule is C=CCC1CCc2cc([C@H]3CC[C@H](CC=C)CC3)ccc2C1. The Hall–Kier alpha value is -1.30. The van der Waals surface area contributed by atoms with Crippen molar-refractivity contribution in [3.05, 3.63) is 60.2 Å². The molecule has 1 unspecified atom stereocenters. The lowest BCUT2D eigenvalue weighted by molar-refractivity contribution is 0.328. The van der Waals surface area contributed by atoms with Gasteiger partial charge in [0.2, 0.25) is 0 Å². The molecule has 0 aliphatic heterocycles. The molecule has 0 heterocycles. The minimum Gasteiger partial charge on any atom is -0.103 e. The van der Waals surface area contributed by atoms with Gasteiger partial charge >= 0.3 is 0 Å². The van der Waals surface area contributed by atoms with Crippen LogP contribution in [0.4, 0.5) is 0 Å². The zero-order valence-corrected chi connectivity index (χ0v) is 13.9. The van der Waals surface area contributed by atoms with Gasteiger partial charge in [-0.05, 0) is 92.2 Å². The van der Waals surface area contributed by atoms with Gasteiger partial charge in [-0.2, -0.15) is 0 Å².